The summed E-state index contributed by atoms with van der Waals surface area (Å²) in [7, 11) is 3.46. The van der Waals surface area contributed by atoms with Crippen molar-refractivity contribution >= 4 is 11.3 Å². The molecule has 0 radical (unpaired) electrons. The van der Waals surface area contributed by atoms with Gasteiger partial charge in [-0.3, -0.25) is 0 Å². The smallest absolute Gasteiger partial charge is 0.112 e. The van der Waals surface area contributed by atoms with E-state index in [1.807, 2.05) is 11.6 Å². The summed E-state index contributed by atoms with van der Waals surface area (Å²) in [5.74, 6) is 0. The maximum Gasteiger partial charge on any atom is 0.112 e. The second kappa shape index (κ2) is 6.61. The number of hydrogen-bond donors (Lipinski definition) is 1. The molecule has 1 aromatic heterocycles. The molecular weight excluding hydrogens is 248 g/mol. The third-order valence-electron chi connectivity index (χ3n) is 3.06. The fourth-order valence-electron chi connectivity index (χ4n) is 2.06. The number of nitrogens with one attached hydrogen (secondary N) is 1. The van der Waals surface area contributed by atoms with Crippen LogP contribution in [0.25, 0.3) is 0 Å². The standard InChI is InChI=1S/C13H24N2O2S/c1-12(2,17-5)10-13(3,15-6-8-16-4)11-14-7-9-18-11/h7,9,15H,6,8,10H2,1-5H3. The van der Waals surface area contributed by atoms with Crippen LogP contribution in [-0.2, 0) is 15.0 Å². The van der Waals surface area contributed by atoms with Crippen LogP contribution in [0.1, 0.15) is 32.2 Å². The lowest BCUT2D eigenvalue weighted by Gasteiger charge is -2.36. The number of aromatic nitrogens is 1. The van der Waals surface area contributed by atoms with Crippen LogP contribution in [0, 0.1) is 0 Å². The van der Waals surface area contributed by atoms with Gasteiger partial charge in [0.15, 0.2) is 0 Å². The second-order valence-electron chi connectivity index (χ2n) is 5.23. The Morgan fingerprint density at radius 1 is 1.33 bits per heavy atom. The van der Waals surface area contributed by atoms with Gasteiger partial charge in [-0.1, -0.05) is 0 Å². The molecule has 5 heteroatoms. The Morgan fingerprint density at radius 2 is 2.06 bits per heavy atom. The van der Waals surface area contributed by atoms with E-state index in [0.29, 0.717) is 6.61 Å². The number of ether oxygens (including phenoxy) is 2. The van der Waals surface area contributed by atoms with E-state index in [9.17, 15) is 0 Å². The average Bonchev–Trinajstić information content (AvgIpc) is 2.83. The Bertz CT molecular complexity index is 341. The normalized spacial score (nSPS) is 15.6. The highest BCUT2D eigenvalue weighted by Crippen LogP contribution is 2.32. The zero-order chi connectivity index (χ0) is 13.6. The molecular formula is C13H24N2O2S. The van der Waals surface area contributed by atoms with Crippen molar-refractivity contribution in [2.45, 2.75) is 38.3 Å². The molecule has 1 heterocycles. The van der Waals surface area contributed by atoms with Gasteiger partial charge in [-0.25, -0.2) is 4.98 Å². The number of rotatable bonds is 8. The molecule has 0 aliphatic carbocycles. The molecule has 4 nitrogen and oxygen atoms in total. The summed E-state index contributed by atoms with van der Waals surface area (Å²) in [6.07, 6.45) is 2.70. The van der Waals surface area contributed by atoms with Crippen molar-refractivity contribution in [3.63, 3.8) is 0 Å². The molecule has 0 fully saturated rings. The minimum absolute atomic E-state index is 0.188. The SMILES string of the molecule is COCCNC(C)(CC(C)(C)OC)c1nccs1. The molecule has 0 aliphatic heterocycles. The molecule has 1 unspecified atom stereocenters. The average molecular weight is 272 g/mol. The summed E-state index contributed by atoms with van der Waals surface area (Å²) >= 11 is 1.67. The van der Waals surface area contributed by atoms with Gasteiger partial charge in [0, 0.05) is 38.8 Å². The molecule has 1 aromatic rings. The van der Waals surface area contributed by atoms with Gasteiger partial charge in [0.05, 0.1) is 17.7 Å². The van der Waals surface area contributed by atoms with Gasteiger partial charge in [0.2, 0.25) is 0 Å². The number of nitrogens with zero attached hydrogens (tertiary/aromatic N) is 1. The first-order valence-electron chi connectivity index (χ1n) is 6.12. The molecule has 0 saturated heterocycles. The van der Waals surface area contributed by atoms with Crippen molar-refractivity contribution in [1.82, 2.24) is 10.3 Å². The highest BCUT2D eigenvalue weighted by molar-refractivity contribution is 7.09. The van der Waals surface area contributed by atoms with Gasteiger partial charge in [-0.2, -0.15) is 0 Å². The van der Waals surface area contributed by atoms with E-state index in [-0.39, 0.29) is 11.1 Å². The van der Waals surface area contributed by atoms with Gasteiger partial charge in [0.25, 0.3) is 0 Å². The van der Waals surface area contributed by atoms with Crippen molar-refractivity contribution in [1.29, 1.82) is 0 Å². The van der Waals surface area contributed by atoms with Crippen LogP contribution in [0.4, 0.5) is 0 Å². The Labute approximate surface area is 114 Å². The van der Waals surface area contributed by atoms with Gasteiger partial charge in [-0.15, -0.1) is 11.3 Å². The van der Waals surface area contributed by atoms with Crippen LogP contribution >= 0.6 is 11.3 Å². The second-order valence-corrected chi connectivity index (χ2v) is 6.12. The first-order valence-corrected chi connectivity index (χ1v) is 7.00. The fraction of sp³-hybridized carbons (Fsp3) is 0.769. The van der Waals surface area contributed by atoms with Crippen LogP contribution in [0.15, 0.2) is 11.6 Å². The number of methoxy groups -OCH3 is 2. The fourth-order valence-corrected chi connectivity index (χ4v) is 2.84. The highest BCUT2D eigenvalue weighted by atomic mass is 32.1. The highest BCUT2D eigenvalue weighted by Gasteiger charge is 2.35. The molecule has 0 saturated carbocycles. The van der Waals surface area contributed by atoms with E-state index < -0.39 is 0 Å². The molecule has 104 valence electrons. The maximum absolute atomic E-state index is 5.54. The number of hydrogen-bond acceptors (Lipinski definition) is 5. The summed E-state index contributed by atoms with van der Waals surface area (Å²) in [6.45, 7) is 7.84. The molecule has 0 amide bonds. The van der Waals surface area contributed by atoms with E-state index in [1.165, 1.54) is 0 Å². The predicted octanol–water partition coefficient (Wildman–Crippen LogP) is 2.41. The number of thiazole rings is 1. The lowest BCUT2D eigenvalue weighted by Crippen LogP contribution is -2.46. The van der Waals surface area contributed by atoms with E-state index in [1.54, 1.807) is 25.6 Å². The quantitative estimate of drug-likeness (QED) is 0.738. The minimum Gasteiger partial charge on any atom is -0.383 e. The molecule has 1 atom stereocenters. The molecule has 0 spiro atoms. The summed E-state index contributed by atoms with van der Waals surface area (Å²) in [6, 6.07) is 0. The molecule has 1 N–H and O–H groups in total. The molecule has 1 rings (SSSR count). The van der Waals surface area contributed by atoms with E-state index in [0.717, 1.165) is 18.0 Å². The van der Waals surface area contributed by atoms with Crippen molar-refractivity contribution in [2.75, 3.05) is 27.4 Å². The zero-order valence-electron chi connectivity index (χ0n) is 11.9. The summed E-state index contributed by atoms with van der Waals surface area (Å²) in [4.78, 5) is 4.45. The van der Waals surface area contributed by atoms with Crippen LogP contribution in [-0.4, -0.2) is 38.0 Å². The Hall–Kier alpha value is -0.490. The van der Waals surface area contributed by atoms with Crippen molar-refractivity contribution in [3.8, 4) is 0 Å². The van der Waals surface area contributed by atoms with Crippen molar-refractivity contribution in [3.05, 3.63) is 16.6 Å². The molecule has 18 heavy (non-hydrogen) atoms. The monoisotopic (exact) mass is 272 g/mol. The van der Waals surface area contributed by atoms with Crippen LogP contribution < -0.4 is 5.32 Å². The van der Waals surface area contributed by atoms with Crippen LogP contribution in [0.3, 0.4) is 0 Å². The summed E-state index contributed by atoms with van der Waals surface area (Å²) < 4.78 is 10.6. The van der Waals surface area contributed by atoms with Crippen molar-refractivity contribution in [2.24, 2.45) is 0 Å². The predicted molar refractivity (Wildman–Crippen MR) is 75.0 cm³/mol. The van der Waals surface area contributed by atoms with Gasteiger partial charge >= 0.3 is 0 Å². The first-order chi connectivity index (χ1) is 8.43. The van der Waals surface area contributed by atoms with E-state index in [2.05, 4.69) is 31.1 Å². The Balaban J connectivity index is 2.81. The third kappa shape index (κ3) is 4.31. The molecule has 0 bridgehead atoms. The Kier molecular flexibility index (Phi) is 5.72. The van der Waals surface area contributed by atoms with Crippen LogP contribution in [0.2, 0.25) is 0 Å². The van der Waals surface area contributed by atoms with Gasteiger partial charge in [0.1, 0.15) is 5.01 Å². The largest absolute Gasteiger partial charge is 0.383 e. The van der Waals surface area contributed by atoms with E-state index >= 15 is 0 Å². The lowest BCUT2D eigenvalue weighted by atomic mass is 9.88. The zero-order valence-corrected chi connectivity index (χ0v) is 12.8. The summed E-state index contributed by atoms with van der Waals surface area (Å²) in [5.41, 5.74) is -0.382. The molecule has 0 aliphatic rings. The van der Waals surface area contributed by atoms with Gasteiger partial charge in [-0.05, 0) is 20.8 Å². The molecule has 0 aromatic carbocycles. The minimum atomic E-state index is -0.194. The van der Waals surface area contributed by atoms with Gasteiger partial charge < -0.3 is 14.8 Å². The lowest BCUT2D eigenvalue weighted by molar-refractivity contribution is -0.00813. The maximum atomic E-state index is 5.54. The van der Waals surface area contributed by atoms with Crippen LogP contribution in [0.5, 0.6) is 0 Å². The summed E-state index contributed by atoms with van der Waals surface area (Å²) in [5, 5.41) is 6.62. The topological polar surface area (TPSA) is 43.4 Å². The van der Waals surface area contributed by atoms with Crippen molar-refractivity contribution < 1.29 is 9.47 Å². The van der Waals surface area contributed by atoms with E-state index in [4.69, 9.17) is 9.47 Å². The first kappa shape index (κ1) is 15.6. The third-order valence-corrected chi connectivity index (χ3v) is 4.09. The Morgan fingerprint density at radius 3 is 2.56 bits per heavy atom.